The minimum atomic E-state index is -0.333. The molecule has 6 nitrogen and oxygen atoms in total. The summed E-state index contributed by atoms with van der Waals surface area (Å²) in [6.45, 7) is 5.16. The van der Waals surface area contributed by atoms with Crippen molar-refractivity contribution in [1.82, 2.24) is 9.97 Å². The molecule has 0 aliphatic rings. The van der Waals surface area contributed by atoms with Crippen molar-refractivity contribution in [3.63, 3.8) is 0 Å². The maximum Gasteiger partial charge on any atom is 0.255 e. The lowest BCUT2D eigenvalue weighted by Gasteiger charge is -2.12. The van der Waals surface area contributed by atoms with Gasteiger partial charge in [0.25, 0.3) is 5.91 Å². The summed E-state index contributed by atoms with van der Waals surface area (Å²) in [5, 5.41) is 5.89. The summed E-state index contributed by atoms with van der Waals surface area (Å²) in [6.07, 6.45) is 0. The molecule has 2 N–H and O–H groups in total. The van der Waals surface area contributed by atoms with Crippen molar-refractivity contribution < 1.29 is 9.59 Å². The number of aryl methyl sites for hydroxylation is 2. The number of halogens is 1. The Morgan fingerprint density at radius 2 is 1.58 bits per heavy atom. The lowest BCUT2D eigenvalue weighted by atomic mass is 10.1. The van der Waals surface area contributed by atoms with Crippen LogP contribution in [-0.4, -0.2) is 21.8 Å². The van der Waals surface area contributed by atoms with E-state index >= 15 is 0 Å². The average molecular weight is 369 g/mol. The van der Waals surface area contributed by atoms with E-state index in [1.807, 2.05) is 13.8 Å². The van der Waals surface area contributed by atoms with Crippen LogP contribution in [0.2, 0.25) is 5.02 Å². The van der Waals surface area contributed by atoms with Gasteiger partial charge in [0.05, 0.1) is 33.8 Å². The number of hydrogen-bond donors (Lipinski definition) is 2. The quantitative estimate of drug-likeness (QED) is 0.728. The number of rotatable bonds is 3. The summed E-state index contributed by atoms with van der Waals surface area (Å²) >= 11 is 6.01. The number of carbonyl (C=O) groups is 2. The number of nitrogens with one attached hydrogen (secondary N) is 2. The van der Waals surface area contributed by atoms with Crippen molar-refractivity contribution >= 4 is 45.8 Å². The highest BCUT2D eigenvalue weighted by molar-refractivity contribution is 6.31. The molecule has 0 aliphatic carbocycles. The monoisotopic (exact) mass is 368 g/mol. The topological polar surface area (TPSA) is 84.0 Å². The standard InChI is InChI=1S/C19H17ClN4O2/c1-10-11(2)22-17-8-13(4-6-15(17)21-10)19(26)24-18-9-14(20)5-7-16(18)23-12(3)25/h4-9H,1-3H3,(H,23,25)(H,24,26). The average Bonchev–Trinajstić information content (AvgIpc) is 2.57. The second-order valence-electron chi connectivity index (χ2n) is 5.92. The van der Waals surface area contributed by atoms with Crippen LogP contribution in [0, 0.1) is 13.8 Å². The number of nitrogens with zero attached hydrogens (tertiary/aromatic N) is 2. The molecule has 3 rings (SSSR count). The molecule has 1 aromatic heterocycles. The number of benzene rings is 2. The molecule has 7 heteroatoms. The van der Waals surface area contributed by atoms with E-state index in [2.05, 4.69) is 20.6 Å². The van der Waals surface area contributed by atoms with Crippen molar-refractivity contribution in [2.75, 3.05) is 10.6 Å². The molecule has 26 heavy (non-hydrogen) atoms. The molecular weight excluding hydrogens is 352 g/mol. The first kappa shape index (κ1) is 17.8. The summed E-state index contributed by atoms with van der Waals surface area (Å²) in [6, 6.07) is 9.99. The van der Waals surface area contributed by atoms with Crippen LogP contribution in [0.1, 0.15) is 28.7 Å². The van der Waals surface area contributed by atoms with Crippen molar-refractivity contribution in [3.05, 3.63) is 58.4 Å². The molecule has 0 saturated heterocycles. The van der Waals surface area contributed by atoms with Gasteiger partial charge < -0.3 is 10.6 Å². The van der Waals surface area contributed by atoms with Crippen molar-refractivity contribution in [2.24, 2.45) is 0 Å². The van der Waals surface area contributed by atoms with E-state index in [-0.39, 0.29) is 11.8 Å². The molecule has 0 fully saturated rings. The van der Waals surface area contributed by atoms with Gasteiger partial charge in [0.1, 0.15) is 0 Å². The third kappa shape index (κ3) is 3.81. The summed E-state index contributed by atoms with van der Waals surface area (Å²) in [5.74, 6) is -0.574. The number of anilines is 2. The predicted octanol–water partition coefficient (Wildman–Crippen LogP) is 4.11. The maximum absolute atomic E-state index is 12.6. The van der Waals surface area contributed by atoms with E-state index in [9.17, 15) is 9.59 Å². The Bertz CT molecular complexity index is 1030. The van der Waals surface area contributed by atoms with Crippen molar-refractivity contribution in [2.45, 2.75) is 20.8 Å². The largest absolute Gasteiger partial charge is 0.325 e. The molecule has 0 radical (unpaired) electrons. The molecule has 132 valence electrons. The van der Waals surface area contributed by atoms with Crippen LogP contribution < -0.4 is 10.6 Å². The molecule has 3 aromatic rings. The van der Waals surface area contributed by atoms with Gasteiger partial charge in [0, 0.05) is 17.5 Å². The normalized spacial score (nSPS) is 10.6. The number of fused-ring (bicyclic) bond motifs is 1. The third-order valence-electron chi connectivity index (χ3n) is 3.88. The summed E-state index contributed by atoms with van der Waals surface area (Å²) in [7, 11) is 0. The van der Waals surface area contributed by atoms with Gasteiger partial charge in [-0.25, -0.2) is 9.97 Å². The number of amides is 2. The Balaban J connectivity index is 1.93. The van der Waals surface area contributed by atoms with Gasteiger partial charge >= 0.3 is 0 Å². The molecule has 0 aliphatic heterocycles. The Morgan fingerprint density at radius 1 is 0.885 bits per heavy atom. The van der Waals surface area contributed by atoms with Crippen LogP contribution in [0.5, 0.6) is 0 Å². The van der Waals surface area contributed by atoms with E-state index in [0.717, 1.165) is 16.9 Å². The molecule has 0 bridgehead atoms. The zero-order valence-electron chi connectivity index (χ0n) is 14.6. The molecule has 2 aromatic carbocycles. The van der Waals surface area contributed by atoms with Gasteiger partial charge in [0.15, 0.2) is 0 Å². The highest BCUT2D eigenvalue weighted by Gasteiger charge is 2.12. The minimum Gasteiger partial charge on any atom is -0.325 e. The zero-order valence-corrected chi connectivity index (χ0v) is 15.3. The highest BCUT2D eigenvalue weighted by Crippen LogP contribution is 2.26. The van der Waals surface area contributed by atoms with E-state index in [4.69, 9.17) is 11.6 Å². The Labute approximate surface area is 155 Å². The smallest absolute Gasteiger partial charge is 0.255 e. The molecule has 1 heterocycles. The lowest BCUT2D eigenvalue weighted by Crippen LogP contribution is -2.15. The molecular formula is C19H17ClN4O2. The first-order chi connectivity index (χ1) is 12.3. The third-order valence-corrected chi connectivity index (χ3v) is 4.11. The van der Waals surface area contributed by atoms with Crippen LogP contribution in [0.15, 0.2) is 36.4 Å². The Kier molecular flexibility index (Phi) is 4.86. The summed E-state index contributed by atoms with van der Waals surface area (Å²) < 4.78 is 0. The molecule has 0 atom stereocenters. The van der Waals surface area contributed by atoms with Crippen LogP contribution in [-0.2, 0) is 4.79 Å². The van der Waals surface area contributed by atoms with E-state index in [0.29, 0.717) is 27.5 Å². The molecule has 0 unspecified atom stereocenters. The summed E-state index contributed by atoms with van der Waals surface area (Å²) in [4.78, 5) is 32.9. The Hall–Kier alpha value is -2.99. The van der Waals surface area contributed by atoms with Gasteiger partial charge in [0.2, 0.25) is 5.91 Å². The van der Waals surface area contributed by atoms with Gasteiger partial charge in [-0.05, 0) is 50.2 Å². The highest BCUT2D eigenvalue weighted by atomic mass is 35.5. The molecule has 2 amide bonds. The van der Waals surface area contributed by atoms with Gasteiger partial charge in [-0.15, -0.1) is 0 Å². The van der Waals surface area contributed by atoms with Crippen LogP contribution in [0.3, 0.4) is 0 Å². The second kappa shape index (κ2) is 7.09. The number of carbonyl (C=O) groups excluding carboxylic acids is 2. The van der Waals surface area contributed by atoms with Gasteiger partial charge in [-0.3, -0.25) is 9.59 Å². The second-order valence-corrected chi connectivity index (χ2v) is 6.36. The number of aromatic nitrogens is 2. The molecule has 0 spiro atoms. The summed E-state index contributed by atoms with van der Waals surface area (Å²) in [5.41, 5.74) is 4.38. The van der Waals surface area contributed by atoms with Gasteiger partial charge in [-0.1, -0.05) is 11.6 Å². The fraction of sp³-hybridized carbons (Fsp3) is 0.158. The van der Waals surface area contributed by atoms with Gasteiger partial charge in [-0.2, -0.15) is 0 Å². The lowest BCUT2D eigenvalue weighted by molar-refractivity contribution is -0.114. The Morgan fingerprint density at radius 3 is 2.27 bits per heavy atom. The van der Waals surface area contributed by atoms with Crippen molar-refractivity contribution in [1.29, 1.82) is 0 Å². The maximum atomic E-state index is 12.6. The minimum absolute atomic E-state index is 0.241. The first-order valence-electron chi connectivity index (χ1n) is 7.97. The predicted molar refractivity (Wildman–Crippen MR) is 103 cm³/mol. The van der Waals surface area contributed by atoms with E-state index in [1.54, 1.807) is 36.4 Å². The zero-order chi connectivity index (χ0) is 18.8. The van der Waals surface area contributed by atoms with E-state index < -0.39 is 0 Å². The molecule has 0 saturated carbocycles. The van der Waals surface area contributed by atoms with Crippen LogP contribution in [0.4, 0.5) is 11.4 Å². The van der Waals surface area contributed by atoms with Crippen LogP contribution >= 0.6 is 11.6 Å². The first-order valence-corrected chi connectivity index (χ1v) is 8.35. The fourth-order valence-corrected chi connectivity index (χ4v) is 2.66. The fourth-order valence-electron chi connectivity index (χ4n) is 2.48. The number of hydrogen-bond acceptors (Lipinski definition) is 4. The SMILES string of the molecule is CC(=O)Nc1ccc(Cl)cc1NC(=O)c1ccc2nc(C)c(C)nc2c1. The van der Waals surface area contributed by atoms with Crippen molar-refractivity contribution in [3.8, 4) is 0 Å². The van der Waals surface area contributed by atoms with E-state index in [1.165, 1.54) is 6.92 Å². The van der Waals surface area contributed by atoms with Crippen LogP contribution in [0.25, 0.3) is 11.0 Å².